The zero-order valence-electron chi connectivity index (χ0n) is 15.7. The molecule has 0 aliphatic carbocycles. The first-order valence-corrected chi connectivity index (χ1v) is 9.76. The van der Waals surface area contributed by atoms with Crippen molar-refractivity contribution in [3.8, 4) is 11.6 Å². The number of benzene rings is 1. The first-order valence-electron chi connectivity index (χ1n) is 9.00. The predicted octanol–water partition coefficient (Wildman–Crippen LogP) is 3.62. The fourth-order valence-corrected chi connectivity index (χ4v) is 3.62. The van der Waals surface area contributed by atoms with Crippen LogP contribution in [0.25, 0.3) is 0 Å². The van der Waals surface area contributed by atoms with E-state index in [2.05, 4.69) is 15.3 Å². The average molecular weight is 445 g/mol. The zero-order chi connectivity index (χ0) is 21.3. The molecule has 3 heterocycles. The molecule has 0 spiro atoms. The van der Waals surface area contributed by atoms with Crippen molar-refractivity contribution in [2.75, 3.05) is 24.2 Å². The Balaban J connectivity index is 1.61. The lowest BCUT2D eigenvalue weighted by molar-refractivity contribution is 0.214. The number of nitrogen functional groups attached to an aromatic ring is 1. The quantitative estimate of drug-likeness (QED) is 0.268. The molecule has 1 aliphatic rings. The van der Waals surface area contributed by atoms with Crippen molar-refractivity contribution in [1.82, 2.24) is 9.97 Å². The third-order valence-electron chi connectivity index (χ3n) is 4.53. The van der Waals surface area contributed by atoms with Crippen molar-refractivity contribution in [3.63, 3.8) is 0 Å². The molecule has 8 nitrogen and oxygen atoms in total. The van der Waals surface area contributed by atoms with Gasteiger partial charge in [0, 0.05) is 47.5 Å². The number of nitrogens with zero attached hydrogens (tertiary/aromatic N) is 2. The summed E-state index contributed by atoms with van der Waals surface area (Å²) in [5.41, 5.74) is 15.1. The van der Waals surface area contributed by atoms with Crippen molar-refractivity contribution in [2.45, 2.75) is 6.23 Å². The fraction of sp³-hybridized carbons (Fsp3) is 0.150. The Labute approximate surface area is 182 Å². The number of hydrogen-bond acceptors (Lipinski definition) is 8. The summed E-state index contributed by atoms with van der Waals surface area (Å²) in [5.74, 6) is 0.924. The van der Waals surface area contributed by atoms with Crippen LogP contribution in [0.1, 0.15) is 22.9 Å². The summed E-state index contributed by atoms with van der Waals surface area (Å²) in [6, 6.07) is 6.76. The van der Waals surface area contributed by atoms with Crippen LogP contribution in [0.15, 0.2) is 42.9 Å². The van der Waals surface area contributed by atoms with Gasteiger partial charge in [0.15, 0.2) is 6.23 Å². The van der Waals surface area contributed by atoms with Crippen LogP contribution in [0, 0.1) is 5.41 Å². The van der Waals surface area contributed by atoms with Crippen LogP contribution in [0.3, 0.4) is 0 Å². The number of nitrogens with one attached hydrogen (secondary N) is 2. The SMILES string of the molecule is N=C(c1cnc2c(c1)NCCO2)c1cc(O[C@H](N)c2c(Cl)cncc2Cl)ccc1N. The summed E-state index contributed by atoms with van der Waals surface area (Å²) < 4.78 is 11.3. The Morgan fingerprint density at radius 1 is 1.20 bits per heavy atom. The molecule has 10 heteroatoms. The summed E-state index contributed by atoms with van der Waals surface area (Å²) in [5, 5.41) is 12.4. The van der Waals surface area contributed by atoms with E-state index in [4.69, 9.17) is 49.6 Å². The van der Waals surface area contributed by atoms with E-state index in [0.29, 0.717) is 57.2 Å². The molecule has 1 aliphatic heterocycles. The van der Waals surface area contributed by atoms with Crippen molar-refractivity contribution in [2.24, 2.45) is 5.73 Å². The van der Waals surface area contributed by atoms with Gasteiger partial charge in [0.05, 0.1) is 21.4 Å². The third kappa shape index (κ3) is 3.97. The first-order chi connectivity index (χ1) is 14.4. The largest absolute Gasteiger partial charge is 0.474 e. The van der Waals surface area contributed by atoms with Crippen molar-refractivity contribution in [3.05, 3.63) is 69.6 Å². The molecule has 0 fully saturated rings. The van der Waals surface area contributed by atoms with E-state index in [0.717, 1.165) is 5.69 Å². The number of pyridine rings is 2. The van der Waals surface area contributed by atoms with Gasteiger partial charge < -0.3 is 20.5 Å². The number of anilines is 2. The van der Waals surface area contributed by atoms with Gasteiger partial charge in [-0.15, -0.1) is 0 Å². The lowest BCUT2D eigenvalue weighted by Gasteiger charge is -2.20. The molecule has 0 saturated carbocycles. The number of nitrogens with two attached hydrogens (primary N) is 2. The van der Waals surface area contributed by atoms with Gasteiger partial charge in [-0.3, -0.25) is 16.1 Å². The maximum atomic E-state index is 8.61. The Morgan fingerprint density at radius 2 is 1.97 bits per heavy atom. The Hall–Kier alpha value is -3.07. The first kappa shape index (κ1) is 20.2. The highest BCUT2D eigenvalue weighted by atomic mass is 35.5. The highest BCUT2D eigenvalue weighted by Gasteiger charge is 2.19. The second kappa shape index (κ2) is 8.35. The molecule has 2 aromatic heterocycles. The summed E-state index contributed by atoms with van der Waals surface area (Å²) in [4.78, 5) is 8.18. The topological polar surface area (TPSA) is 132 Å². The molecule has 154 valence electrons. The van der Waals surface area contributed by atoms with Crippen LogP contribution in [0.2, 0.25) is 10.0 Å². The highest BCUT2D eigenvalue weighted by Crippen LogP contribution is 2.32. The van der Waals surface area contributed by atoms with E-state index in [1.165, 1.54) is 12.4 Å². The number of ether oxygens (including phenoxy) is 2. The summed E-state index contributed by atoms with van der Waals surface area (Å²) >= 11 is 12.3. The van der Waals surface area contributed by atoms with Gasteiger partial charge in [0.2, 0.25) is 5.88 Å². The molecule has 0 saturated heterocycles. The van der Waals surface area contributed by atoms with Gasteiger partial charge in [0.1, 0.15) is 12.4 Å². The summed E-state index contributed by atoms with van der Waals surface area (Å²) in [6.07, 6.45) is 3.53. The van der Waals surface area contributed by atoms with Crippen LogP contribution in [0.4, 0.5) is 11.4 Å². The lowest BCUT2D eigenvalue weighted by Crippen LogP contribution is -2.20. The van der Waals surface area contributed by atoms with Crippen LogP contribution in [-0.4, -0.2) is 28.8 Å². The van der Waals surface area contributed by atoms with Crippen LogP contribution < -0.4 is 26.3 Å². The van der Waals surface area contributed by atoms with Crippen LogP contribution >= 0.6 is 23.2 Å². The van der Waals surface area contributed by atoms with Crippen molar-refractivity contribution >= 4 is 40.3 Å². The van der Waals surface area contributed by atoms with Crippen molar-refractivity contribution in [1.29, 1.82) is 5.41 Å². The van der Waals surface area contributed by atoms with E-state index in [1.54, 1.807) is 30.5 Å². The molecule has 3 aromatic rings. The van der Waals surface area contributed by atoms with Gasteiger partial charge in [-0.05, 0) is 24.3 Å². The van der Waals surface area contributed by atoms with E-state index in [-0.39, 0.29) is 5.71 Å². The Bertz CT molecular complexity index is 1100. The normalized spacial score (nSPS) is 13.6. The maximum Gasteiger partial charge on any atom is 0.237 e. The minimum Gasteiger partial charge on any atom is -0.474 e. The number of aromatic nitrogens is 2. The number of halogens is 2. The highest BCUT2D eigenvalue weighted by molar-refractivity contribution is 6.35. The zero-order valence-corrected chi connectivity index (χ0v) is 17.2. The average Bonchev–Trinajstić information content (AvgIpc) is 2.74. The van der Waals surface area contributed by atoms with Gasteiger partial charge in [0.25, 0.3) is 0 Å². The summed E-state index contributed by atoms with van der Waals surface area (Å²) in [6.45, 7) is 1.23. The minimum atomic E-state index is -0.926. The molecule has 0 bridgehead atoms. The molecular formula is C20H18Cl2N6O2. The molecule has 1 aromatic carbocycles. The second-order valence-electron chi connectivity index (χ2n) is 6.53. The Morgan fingerprint density at radius 3 is 2.73 bits per heavy atom. The van der Waals surface area contributed by atoms with Crippen LogP contribution in [0.5, 0.6) is 11.6 Å². The Kier molecular flexibility index (Phi) is 5.63. The number of hydrogen-bond donors (Lipinski definition) is 4. The monoisotopic (exact) mass is 444 g/mol. The van der Waals surface area contributed by atoms with E-state index >= 15 is 0 Å². The van der Waals surface area contributed by atoms with Gasteiger partial charge in [-0.25, -0.2) is 4.98 Å². The fourth-order valence-electron chi connectivity index (χ4n) is 3.04. The smallest absolute Gasteiger partial charge is 0.237 e. The minimum absolute atomic E-state index is 0.189. The molecule has 30 heavy (non-hydrogen) atoms. The molecular weight excluding hydrogens is 427 g/mol. The molecule has 1 atom stereocenters. The molecule has 0 radical (unpaired) electrons. The molecule has 6 N–H and O–H groups in total. The van der Waals surface area contributed by atoms with Gasteiger partial charge >= 0.3 is 0 Å². The number of fused-ring (bicyclic) bond motifs is 1. The molecule has 0 unspecified atom stereocenters. The standard InChI is InChI=1S/C20H18Cl2N6O2/c21-13-8-26-9-14(22)17(13)19(25)30-11-1-2-15(23)12(6-11)18(24)10-5-16-20(28-7-10)29-4-3-27-16/h1-2,5-9,19,24,27H,3-4,23,25H2/t19-/m0/s1. The van der Waals surface area contributed by atoms with E-state index < -0.39 is 6.23 Å². The predicted molar refractivity (Wildman–Crippen MR) is 117 cm³/mol. The van der Waals surface area contributed by atoms with E-state index in [9.17, 15) is 0 Å². The molecule has 0 amide bonds. The second-order valence-corrected chi connectivity index (χ2v) is 7.35. The number of rotatable bonds is 5. The van der Waals surface area contributed by atoms with Gasteiger partial charge in [-0.1, -0.05) is 23.2 Å². The maximum absolute atomic E-state index is 8.61. The van der Waals surface area contributed by atoms with Crippen molar-refractivity contribution < 1.29 is 9.47 Å². The lowest BCUT2D eigenvalue weighted by atomic mass is 10.0. The third-order valence-corrected chi connectivity index (χ3v) is 5.13. The van der Waals surface area contributed by atoms with E-state index in [1.807, 2.05) is 0 Å². The van der Waals surface area contributed by atoms with Gasteiger partial charge in [-0.2, -0.15) is 0 Å². The molecule has 4 rings (SSSR count). The van der Waals surface area contributed by atoms with Crippen LogP contribution in [-0.2, 0) is 0 Å². The summed E-state index contributed by atoms with van der Waals surface area (Å²) in [7, 11) is 0.